The Kier molecular flexibility index (Phi) is 3.71. The highest BCUT2D eigenvalue weighted by Gasteiger charge is 2.16. The topological polar surface area (TPSA) is 44.1 Å². The third-order valence-electron chi connectivity index (χ3n) is 1.61. The Morgan fingerprint density at radius 2 is 2.46 bits per heavy atom. The van der Waals surface area contributed by atoms with Gasteiger partial charge in [0.1, 0.15) is 0 Å². The Hall–Kier alpha value is -0.590. The molecule has 0 aliphatic rings. The summed E-state index contributed by atoms with van der Waals surface area (Å²) < 4.78 is 7.16. The number of hydrogen-bond acceptors (Lipinski definition) is 3. The zero-order chi connectivity index (χ0) is 9.84. The van der Waals surface area contributed by atoms with Crippen molar-refractivity contribution in [3.8, 4) is 0 Å². The first-order chi connectivity index (χ1) is 6.20. The van der Waals surface area contributed by atoms with Crippen molar-refractivity contribution in [3.63, 3.8) is 0 Å². The van der Waals surface area contributed by atoms with Crippen molar-refractivity contribution in [2.45, 2.75) is 19.9 Å². The van der Waals surface area contributed by atoms with Crippen LogP contribution in [0.2, 0.25) is 0 Å². The van der Waals surface area contributed by atoms with Crippen molar-refractivity contribution in [1.82, 2.24) is 9.78 Å². The molecule has 4 nitrogen and oxygen atoms in total. The number of methoxy groups -OCH3 is 1. The van der Waals surface area contributed by atoms with Crippen molar-refractivity contribution < 1.29 is 9.53 Å². The van der Waals surface area contributed by atoms with E-state index in [0.717, 1.165) is 16.5 Å². The van der Waals surface area contributed by atoms with Gasteiger partial charge in [0.05, 0.1) is 16.9 Å². The number of halogens is 1. The minimum absolute atomic E-state index is 0.324. The zero-order valence-electron chi connectivity index (χ0n) is 7.58. The van der Waals surface area contributed by atoms with Crippen LogP contribution in [0.1, 0.15) is 23.8 Å². The molecule has 0 aliphatic carbocycles. The lowest BCUT2D eigenvalue weighted by atomic mass is 10.4. The van der Waals surface area contributed by atoms with Gasteiger partial charge in [-0.05, 0) is 29.0 Å². The number of nitrogens with zero attached hydrogens (tertiary/aromatic N) is 2. The Morgan fingerprint density at radius 3 is 3.00 bits per heavy atom. The van der Waals surface area contributed by atoms with E-state index < -0.39 is 0 Å². The van der Waals surface area contributed by atoms with E-state index in [9.17, 15) is 4.79 Å². The summed E-state index contributed by atoms with van der Waals surface area (Å²) in [5.74, 6) is -0.324. The van der Waals surface area contributed by atoms with Gasteiger partial charge >= 0.3 is 5.97 Å². The van der Waals surface area contributed by atoms with Crippen LogP contribution in [-0.2, 0) is 11.3 Å². The maximum Gasteiger partial charge on any atom is 0.357 e. The maximum absolute atomic E-state index is 11.3. The maximum atomic E-state index is 11.3. The first kappa shape index (κ1) is 10.5. The molecule has 0 bridgehead atoms. The molecule has 1 aromatic rings. The van der Waals surface area contributed by atoms with Crippen LogP contribution in [0, 0.1) is 3.57 Å². The summed E-state index contributed by atoms with van der Waals surface area (Å²) in [6.45, 7) is 2.78. The summed E-state index contributed by atoms with van der Waals surface area (Å²) in [7, 11) is 1.38. The molecule has 1 heterocycles. The third kappa shape index (κ3) is 2.20. The van der Waals surface area contributed by atoms with E-state index in [1.165, 1.54) is 7.11 Å². The summed E-state index contributed by atoms with van der Waals surface area (Å²) in [6.07, 6.45) is 2.62. The van der Waals surface area contributed by atoms with Crippen molar-refractivity contribution in [2.75, 3.05) is 7.11 Å². The van der Waals surface area contributed by atoms with Gasteiger partial charge in [-0.1, -0.05) is 6.92 Å². The first-order valence-corrected chi connectivity index (χ1v) is 5.08. The summed E-state index contributed by atoms with van der Waals surface area (Å²) in [5, 5.41) is 4.08. The van der Waals surface area contributed by atoms with Crippen LogP contribution in [0.15, 0.2) is 6.20 Å². The quantitative estimate of drug-likeness (QED) is 0.629. The van der Waals surface area contributed by atoms with Crippen LogP contribution in [0.5, 0.6) is 0 Å². The van der Waals surface area contributed by atoms with Crippen LogP contribution in [0.25, 0.3) is 0 Å². The van der Waals surface area contributed by atoms with E-state index in [0.29, 0.717) is 5.69 Å². The molecule has 0 aliphatic heterocycles. The minimum Gasteiger partial charge on any atom is -0.464 e. The SMILES string of the molecule is CCCn1ncc(I)c1C(=O)OC. The highest BCUT2D eigenvalue weighted by atomic mass is 127. The fraction of sp³-hybridized carbons (Fsp3) is 0.500. The molecule has 0 saturated heterocycles. The van der Waals surface area contributed by atoms with Gasteiger partial charge in [0.15, 0.2) is 5.69 Å². The Bertz CT molecular complexity index is 309. The van der Waals surface area contributed by atoms with Gasteiger partial charge in [-0.3, -0.25) is 4.68 Å². The normalized spacial score (nSPS) is 10.1. The molecule has 0 fully saturated rings. The minimum atomic E-state index is -0.324. The number of hydrogen-bond donors (Lipinski definition) is 0. The van der Waals surface area contributed by atoms with Crippen LogP contribution in [0.3, 0.4) is 0 Å². The van der Waals surface area contributed by atoms with Crippen molar-refractivity contribution >= 4 is 28.6 Å². The smallest absolute Gasteiger partial charge is 0.357 e. The highest BCUT2D eigenvalue weighted by Crippen LogP contribution is 2.12. The van der Waals surface area contributed by atoms with E-state index in [4.69, 9.17) is 0 Å². The Labute approximate surface area is 90.4 Å². The van der Waals surface area contributed by atoms with Gasteiger partial charge in [0, 0.05) is 6.54 Å². The lowest BCUT2D eigenvalue weighted by Crippen LogP contribution is -2.12. The van der Waals surface area contributed by atoms with E-state index in [1.54, 1.807) is 10.9 Å². The highest BCUT2D eigenvalue weighted by molar-refractivity contribution is 14.1. The summed E-state index contributed by atoms with van der Waals surface area (Å²) in [6, 6.07) is 0. The van der Waals surface area contributed by atoms with Crippen LogP contribution in [-0.4, -0.2) is 22.9 Å². The van der Waals surface area contributed by atoms with E-state index >= 15 is 0 Å². The molecule has 0 atom stereocenters. The van der Waals surface area contributed by atoms with Gasteiger partial charge in [0.2, 0.25) is 0 Å². The molecule has 5 heteroatoms. The largest absolute Gasteiger partial charge is 0.464 e. The van der Waals surface area contributed by atoms with Crippen molar-refractivity contribution in [2.24, 2.45) is 0 Å². The third-order valence-corrected chi connectivity index (χ3v) is 2.40. The number of aromatic nitrogens is 2. The molecule has 0 aromatic carbocycles. The molecular weight excluding hydrogens is 283 g/mol. The molecule has 13 heavy (non-hydrogen) atoms. The number of esters is 1. The molecule has 0 radical (unpaired) electrons. The average molecular weight is 294 g/mol. The van der Waals surface area contributed by atoms with Crippen molar-refractivity contribution in [1.29, 1.82) is 0 Å². The second kappa shape index (κ2) is 4.59. The van der Waals surface area contributed by atoms with E-state index in [-0.39, 0.29) is 5.97 Å². The molecule has 1 aromatic heterocycles. The summed E-state index contributed by atoms with van der Waals surface area (Å²) in [4.78, 5) is 11.3. The van der Waals surface area contributed by atoms with Gasteiger partial charge in [-0.25, -0.2) is 4.79 Å². The Balaban J connectivity index is 3.01. The number of aryl methyl sites for hydroxylation is 1. The second-order valence-corrected chi connectivity index (χ2v) is 3.72. The van der Waals surface area contributed by atoms with Crippen LogP contribution < -0.4 is 0 Å². The Morgan fingerprint density at radius 1 is 1.77 bits per heavy atom. The molecule has 0 unspecified atom stereocenters. The summed E-state index contributed by atoms with van der Waals surface area (Å²) >= 11 is 2.08. The van der Waals surface area contributed by atoms with E-state index in [1.807, 2.05) is 6.92 Å². The molecule has 0 N–H and O–H groups in total. The average Bonchev–Trinajstić information content (AvgIpc) is 2.47. The van der Waals surface area contributed by atoms with E-state index in [2.05, 4.69) is 32.4 Å². The van der Waals surface area contributed by atoms with Gasteiger partial charge < -0.3 is 4.74 Å². The van der Waals surface area contributed by atoms with Gasteiger partial charge in [-0.2, -0.15) is 5.10 Å². The fourth-order valence-electron chi connectivity index (χ4n) is 1.04. The molecule has 0 spiro atoms. The standard InChI is InChI=1S/C8H11IN2O2/c1-3-4-11-7(8(12)13-2)6(9)5-10-11/h5H,3-4H2,1-2H3. The predicted octanol–water partition coefficient (Wildman–Crippen LogP) is 1.68. The number of carbonyl (C=O) groups is 1. The number of rotatable bonds is 3. The lowest BCUT2D eigenvalue weighted by Gasteiger charge is -2.03. The monoisotopic (exact) mass is 294 g/mol. The fourth-order valence-corrected chi connectivity index (χ4v) is 1.67. The predicted molar refractivity (Wildman–Crippen MR) is 56.6 cm³/mol. The van der Waals surface area contributed by atoms with Crippen LogP contribution >= 0.6 is 22.6 Å². The van der Waals surface area contributed by atoms with Crippen LogP contribution in [0.4, 0.5) is 0 Å². The number of ether oxygens (including phenoxy) is 1. The van der Waals surface area contributed by atoms with Gasteiger partial charge in [0.25, 0.3) is 0 Å². The zero-order valence-corrected chi connectivity index (χ0v) is 9.74. The molecule has 0 saturated carbocycles. The number of carbonyl (C=O) groups excluding carboxylic acids is 1. The lowest BCUT2D eigenvalue weighted by molar-refractivity contribution is 0.0585. The summed E-state index contributed by atoms with van der Waals surface area (Å²) in [5.41, 5.74) is 0.546. The van der Waals surface area contributed by atoms with Gasteiger partial charge in [-0.15, -0.1) is 0 Å². The molecular formula is C8H11IN2O2. The first-order valence-electron chi connectivity index (χ1n) is 4.00. The molecule has 1 rings (SSSR count). The molecule has 72 valence electrons. The molecule has 0 amide bonds. The van der Waals surface area contributed by atoms with Crippen molar-refractivity contribution in [3.05, 3.63) is 15.5 Å². The second-order valence-electron chi connectivity index (χ2n) is 2.56.